The second-order valence-corrected chi connectivity index (χ2v) is 7.09. The van der Waals surface area contributed by atoms with Gasteiger partial charge in [0, 0.05) is 11.4 Å². The van der Waals surface area contributed by atoms with Gasteiger partial charge in [0.15, 0.2) is 0 Å². The van der Waals surface area contributed by atoms with Crippen LogP contribution in [-0.4, -0.2) is 19.9 Å². The highest BCUT2D eigenvalue weighted by Crippen LogP contribution is 2.16. The van der Waals surface area contributed by atoms with Gasteiger partial charge in [0.2, 0.25) is 10.0 Å². The number of nitrogens with one attached hydrogen (secondary N) is 1. The Hall–Kier alpha value is -1.31. The Balaban J connectivity index is 2.06. The summed E-state index contributed by atoms with van der Waals surface area (Å²) in [6.45, 7) is 3.76. The third kappa shape index (κ3) is 3.41. The van der Waals surface area contributed by atoms with Crippen LogP contribution in [0.3, 0.4) is 0 Å². The second kappa shape index (κ2) is 5.99. The van der Waals surface area contributed by atoms with E-state index in [0.29, 0.717) is 18.5 Å². The molecule has 2 rings (SSSR count). The first-order valence-corrected chi connectivity index (χ1v) is 8.41. The summed E-state index contributed by atoms with van der Waals surface area (Å²) in [5, 5.41) is 0. The zero-order valence-corrected chi connectivity index (χ0v) is 12.8. The van der Waals surface area contributed by atoms with Crippen LogP contribution in [0.2, 0.25) is 0 Å². The van der Waals surface area contributed by atoms with E-state index in [2.05, 4.69) is 9.71 Å². The summed E-state index contributed by atoms with van der Waals surface area (Å²) in [5.41, 5.74) is 3.06. The molecule has 0 spiro atoms. The zero-order chi connectivity index (χ0) is 14.8. The van der Waals surface area contributed by atoms with Crippen molar-refractivity contribution >= 4 is 21.4 Å². The summed E-state index contributed by atoms with van der Waals surface area (Å²) in [7, 11) is -3.61. The summed E-state index contributed by atoms with van der Waals surface area (Å²) in [6.07, 6.45) is 0.593. The maximum Gasteiger partial charge on any atom is 0.240 e. The number of halogens is 1. The number of aryl methyl sites for hydroxylation is 2. The lowest BCUT2D eigenvalue weighted by Crippen LogP contribution is -2.26. The fraction of sp³-hybridized carbons (Fsp3) is 0.308. The van der Waals surface area contributed by atoms with Crippen LogP contribution >= 0.6 is 11.3 Å². The van der Waals surface area contributed by atoms with Gasteiger partial charge >= 0.3 is 0 Å². The van der Waals surface area contributed by atoms with Crippen LogP contribution in [0.4, 0.5) is 4.39 Å². The number of hydrogen-bond donors (Lipinski definition) is 1. The third-order valence-electron chi connectivity index (χ3n) is 2.92. The van der Waals surface area contributed by atoms with Crippen molar-refractivity contribution in [2.75, 3.05) is 6.54 Å². The molecule has 0 saturated heterocycles. The molecule has 0 saturated carbocycles. The van der Waals surface area contributed by atoms with E-state index in [1.165, 1.54) is 23.5 Å². The van der Waals surface area contributed by atoms with Crippen LogP contribution in [-0.2, 0) is 16.4 Å². The van der Waals surface area contributed by atoms with Crippen LogP contribution in [0.1, 0.15) is 16.1 Å². The molecule has 0 atom stereocenters. The van der Waals surface area contributed by atoms with E-state index in [1.54, 1.807) is 12.4 Å². The fourth-order valence-electron chi connectivity index (χ4n) is 1.86. The molecule has 108 valence electrons. The summed E-state index contributed by atoms with van der Waals surface area (Å²) in [4.78, 5) is 5.28. The molecule has 0 radical (unpaired) electrons. The average molecular weight is 314 g/mol. The summed E-state index contributed by atoms with van der Waals surface area (Å²) in [5.74, 6) is -0.443. The monoisotopic (exact) mass is 314 g/mol. The molecule has 1 N–H and O–H groups in total. The summed E-state index contributed by atoms with van der Waals surface area (Å²) < 4.78 is 39.8. The first-order chi connectivity index (χ1) is 9.40. The minimum absolute atomic E-state index is 0.111. The van der Waals surface area contributed by atoms with Crippen molar-refractivity contribution < 1.29 is 12.8 Å². The number of rotatable bonds is 5. The average Bonchev–Trinajstić information content (AvgIpc) is 2.74. The van der Waals surface area contributed by atoms with Gasteiger partial charge in [-0.2, -0.15) is 0 Å². The van der Waals surface area contributed by atoms with Crippen LogP contribution < -0.4 is 4.72 Å². The molecule has 0 unspecified atom stereocenters. The van der Waals surface area contributed by atoms with Gasteiger partial charge in [0.05, 0.1) is 16.1 Å². The maximum absolute atomic E-state index is 13.0. The van der Waals surface area contributed by atoms with Gasteiger partial charge in [0.25, 0.3) is 0 Å². The van der Waals surface area contributed by atoms with E-state index in [-0.39, 0.29) is 4.90 Å². The summed E-state index contributed by atoms with van der Waals surface area (Å²) >= 11 is 1.51. The van der Waals surface area contributed by atoms with Crippen molar-refractivity contribution in [2.45, 2.75) is 25.2 Å². The Labute approximate surface area is 121 Å². The molecule has 20 heavy (non-hydrogen) atoms. The molecule has 0 bridgehead atoms. The molecule has 1 heterocycles. The predicted molar refractivity (Wildman–Crippen MR) is 76.9 cm³/mol. The van der Waals surface area contributed by atoms with Gasteiger partial charge in [0.1, 0.15) is 5.82 Å². The molecule has 1 aromatic carbocycles. The summed E-state index contributed by atoms with van der Waals surface area (Å²) in [6, 6.07) is 3.64. The van der Waals surface area contributed by atoms with Crippen molar-refractivity contribution in [3.05, 3.63) is 45.7 Å². The van der Waals surface area contributed by atoms with E-state index >= 15 is 0 Å². The second-order valence-electron chi connectivity index (χ2n) is 4.42. The van der Waals surface area contributed by atoms with E-state index in [9.17, 15) is 12.8 Å². The lowest BCUT2D eigenvalue weighted by Gasteiger charge is -2.09. The molecule has 0 aliphatic heterocycles. The van der Waals surface area contributed by atoms with Gasteiger partial charge in [-0.15, -0.1) is 11.3 Å². The van der Waals surface area contributed by atoms with Crippen LogP contribution in [0.15, 0.2) is 28.6 Å². The molecule has 2 aromatic rings. The van der Waals surface area contributed by atoms with Crippen molar-refractivity contribution in [1.82, 2.24) is 9.71 Å². The number of benzene rings is 1. The van der Waals surface area contributed by atoms with E-state index < -0.39 is 15.8 Å². The highest BCUT2D eigenvalue weighted by molar-refractivity contribution is 7.89. The molecule has 4 nitrogen and oxygen atoms in total. The first kappa shape index (κ1) is 15.1. The minimum Gasteiger partial charge on any atom is -0.250 e. The van der Waals surface area contributed by atoms with E-state index in [4.69, 9.17) is 0 Å². The Morgan fingerprint density at radius 3 is 2.70 bits per heavy atom. The maximum atomic E-state index is 13.0. The Morgan fingerprint density at radius 1 is 1.35 bits per heavy atom. The lowest BCUT2D eigenvalue weighted by molar-refractivity contribution is 0.580. The standard InChI is InChI=1S/C13H15FN2O2S2/c1-9-7-11(14)3-4-13(9)20(17,18)16-6-5-12-10(2)15-8-19-12/h3-4,7-8,16H,5-6H2,1-2H3. The number of aromatic nitrogens is 1. The van der Waals surface area contributed by atoms with Crippen molar-refractivity contribution in [3.8, 4) is 0 Å². The number of hydrogen-bond acceptors (Lipinski definition) is 4. The highest BCUT2D eigenvalue weighted by Gasteiger charge is 2.16. The van der Waals surface area contributed by atoms with Crippen molar-refractivity contribution in [3.63, 3.8) is 0 Å². The molecule has 1 aromatic heterocycles. The number of nitrogens with zero attached hydrogens (tertiary/aromatic N) is 1. The van der Waals surface area contributed by atoms with E-state index in [1.807, 2.05) is 6.92 Å². The Morgan fingerprint density at radius 2 is 2.10 bits per heavy atom. The smallest absolute Gasteiger partial charge is 0.240 e. The quantitative estimate of drug-likeness (QED) is 0.922. The highest BCUT2D eigenvalue weighted by atomic mass is 32.2. The largest absolute Gasteiger partial charge is 0.250 e. The molecule has 7 heteroatoms. The SMILES string of the molecule is Cc1cc(F)ccc1S(=O)(=O)NCCc1scnc1C. The topological polar surface area (TPSA) is 59.1 Å². The predicted octanol–water partition coefficient (Wildman–Crippen LogP) is 2.42. The van der Waals surface area contributed by atoms with Gasteiger partial charge in [-0.25, -0.2) is 22.5 Å². The van der Waals surface area contributed by atoms with Crippen LogP contribution in [0.5, 0.6) is 0 Å². The van der Waals surface area contributed by atoms with Crippen molar-refractivity contribution in [2.24, 2.45) is 0 Å². The molecular weight excluding hydrogens is 299 g/mol. The minimum atomic E-state index is -3.61. The zero-order valence-electron chi connectivity index (χ0n) is 11.2. The normalized spacial score (nSPS) is 11.8. The lowest BCUT2D eigenvalue weighted by atomic mass is 10.2. The van der Waals surface area contributed by atoms with Gasteiger partial charge in [-0.3, -0.25) is 0 Å². The fourth-order valence-corrected chi connectivity index (χ4v) is 3.89. The van der Waals surface area contributed by atoms with Gasteiger partial charge < -0.3 is 0 Å². The van der Waals surface area contributed by atoms with Crippen molar-refractivity contribution in [1.29, 1.82) is 0 Å². The number of sulfonamides is 1. The molecule has 0 aliphatic rings. The van der Waals surface area contributed by atoms with E-state index in [0.717, 1.165) is 16.6 Å². The molecule has 0 aliphatic carbocycles. The van der Waals surface area contributed by atoms with Crippen LogP contribution in [0.25, 0.3) is 0 Å². The molecular formula is C13H15FN2O2S2. The number of thiazole rings is 1. The third-order valence-corrected chi connectivity index (χ3v) is 5.53. The van der Waals surface area contributed by atoms with Gasteiger partial charge in [-0.1, -0.05) is 0 Å². The van der Waals surface area contributed by atoms with Gasteiger partial charge in [-0.05, 0) is 44.0 Å². The molecule has 0 fully saturated rings. The first-order valence-electron chi connectivity index (χ1n) is 6.05. The Bertz CT molecular complexity index is 711. The molecule has 0 amide bonds. The van der Waals surface area contributed by atoms with Crippen LogP contribution in [0, 0.1) is 19.7 Å². The Kier molecular flexibility index (Phi) is 4.52.